The topological polar surface area (TPSA) is 73.7 Å². The maximum atomic E-state index is 12.9. The molecule has 1 aromatic carbocycles. The summed E-state index contributed by atoms with van der Waals surface area (Å²) in [6.45, 7) is 6.21. The first-order chi connectivity index (χ1) is 12.1. The highest BCUT2D eigenvalue weighted by molar-refractivity contribution is 9.10. The van der Waals surface area contributed by atoms with Crippen LogP contribution in [0.5, 0.6) is 5.75 Å². The third-order valence-corrected chi connectivity index (χ3v) is 5.28. The number of nitrogens with zero attached hydrogens (tertiary/aromatic N) is 3. The molecule has 26 heavy (non-hydrogen) atoms. The van der Waals surface area contributed by atoms with Gasteiger partial charge in [0.1, 0.15) is 22.3 Å². The number of carbonyl (C=O) groups is 1. The van der Waals surface area contributed by atoms with Crippen LogP contribution in [0.2, 0.25) is 5.02 Å². The van der Waals surface area contributed by atoms with Crippen molar-refractivity contribution in [3.63, 3.8) is 0 Å². The lowest BCUT2D eigenvalue weighted by atomic mass is 10.1. The van der Waals surface area contributed by atoms with Crippen LogP contribution in [0.25, 0.3) is 10.9 Å². The van der Waals surface area contributed by atoms with E-state index in [1.54, 1.807) is 11.0 Å². The molecule has 1 saturated heterocycles. The maximum Gasteiger partial charge on any atom is 0.410 e. The predicted molar refractivity (Wildman–Crippen MR) is 102 cm³/mol. The van der Waals surface area contributed by atoms with Crippen LogP contribution in [0.15, 0.2) is 21.7 Å². The SMILES string of the molecule is COc1cc(Br)c(Cl)c2ncn(C3CN(C(=O)OC(C)(C)C)C3)c(=O)c12. The van der Waals surface area contributed by atoms with Crippen LogP contribution < -0.4 is 10.3 Å². The number of rotatable bonds is 2. The second-order valence-electron chi connectivity index (χ2n) is 7.09. The van der Waals surface area contributed by atoms with E-state index in [1.165, 1.54) is 18.0 Å². The Morgan fingerprint density at radius 3 is 2.62 bits per heavy atom. The summed E-state index contributed by atoms with van der Waals surface area (Å²) in [5.74, 6) is 0.395. The number of halogens is 2. The largest absolute Gasteiger partial charge is 0.496 e. The number of aromatic nitrogens is 2. The Morgan fingerprint density at radius 2 is 2.04 bits per heavy atom. The fraction of sp³-hybridized carbons (Fsp3) is 0.471. The number of ether oxygens (including phenoxy) is 2. The number of benzene rings is 1. The molecule has 1 aromatic heterocycles. The van der Waals surface area contributed by atoms with Gasteiger partial charge in [-0.05, 0) is 42.8 Å². The molecular weight excluding hydrogens is 426 g/mol. The monoisotopic (exact) mass is 443 g/mol. The number of fused-ring (bicyclic) bond motifs is 1. The minimum atomic E-state index is -0.555. The fourth-order valence-corrected chi connectivity index (χ4v) is 3.34. The minimum absolute atomic E-state index is 0.168. The number of hydrogen-bond acceptors (Lipinski definition) is 5. The number of methoxy groups -OCH3 is 1. The van der Waals surface area contributed by atoms with Crippen molar-refractivity contribution in [2.75, 3.05) is 20.2 Å². The molecule has 1 fully saturated rings. The van der Waals surface area contributed by atoms with Crippen LogP contribution in [0.4, 0.5) is 4.79 Å². The Labute approximate surface area is 164 Å². The molecule has 3 rings (SSSR count). The highest BCUT2D eigenvalue weighted by Crippen LogP contribution is 2.35. The predicted octanol–water partition coefficient (Wildman–Crippen LogP) is 3.61. The average molecular weight is 445 g/mol. The fourth-order valence-electron chi connectivity index (χ4n) is 2.75. The van der Waals surface area contributed by atoms with Gasteiger partial charge in [0, 0.05) is 17.6 Å². The summed E-state index contributed by atoms with van der Waals surface area (Å²) in [6, 6.07) is 1.48. The molecule has 9 heteroatoms. The highest BCUT2D eigenvalue weighted by Gasteiger charge is 2.35. The molecule has 2 aromatic rings. The zero-order valence-electron chi connectivity index (χ0n) is 14.9. The van der Waals surface area contributed by atoms with Crippen molar-refractivity contribution in [1.29, 1.82) is 0 Å². The summed E-state index contributed by atoms with van der Waals surface area (Å²) >= 11 is 9.58. The van der Waals surface area contributed by atoms with Gasteiger partial charge < -0.3 is 14.4 Å². The Bertz CT molecular complexity index is 932. The Balaban J connectivity index is 1.90. The van der Waals surface area contributed by atoms with E-state index >= 15 is 0 Å². The van der Waals surface area contributed by atoms with E-state index in [0.717, 1.165) is 0 Å². The first-order valence-corrected chi connectivity index (χ1v) is 9.20. The van der Waals surface area contributed by atoms with Crippen molar-refractivity contribution in [2.24, 2.45) is 0 Å². The van der Waals surface area contributed by atoms with Crippen LogP contribution in [-0.4, -0.2) is 46.3 Å². The first kappa shape index (κ1) is 19.0. The molecule has 140 valence electrons. The quantitative estimate of drug-likeness (QED) is 0.707. The van der Waals surface area contributed by atoms with Crippen LogP contribution in [0, 0.1) is 0 Å². The van der Waals surface area contributed by atoms with Gasteiger partial charge in [0.15, 0.2) is 0 Å². The molecule has 0 spiro atoms. The molecule has 1 aliphatic rings. The molecule has 0 saturated carbocycles. The van der Waals surface area contributed by atoms with Crippen molar-refractivity contribution >= 4 is 44.5 Å². The normalized spacial score (nSPS) is 15.1. The second kappa shape index (κ2) is 6.74. The number of amides is 1. The Kier molecular flexibility index (Phi) is 4.92. The van der Waals surface area contributed by atoms with Crippen molar-refractivity contribution in [2.45, 2.75) is 32.4 Å². The van der Waals surface area contributed by atoms with E-state index in [9.17, 15) is 9.59 Å². The Morgan fingerprint density at radius 1 is 1.38 bits per heavy atom. The van der Waals surface area contributed by atoms with E-state index in [2.05, 4.69) is 20.9 Å². The molecular formula is C17H19BrClN3O4. The molecule has 1 aliphatic heterocycles. The lowest BCUT2D eigenvalue weighted by Gasteiger charge is -2.40. The van der Waals surface area contributed by atoms with Gasteiger partial charge in [0.05, 0.1) is 24.5 Å². The van der Waals surface area contributed by atoms with Crippen LogP contribution in [0.1, 0.15) is 26.8 Å². The molecule has 7 nitrogen and oxygen atoms in total. The van der Waals surface area contributed by atoms with Gasteiger partial charge in [-0.2, -0.15) is 0 Å². The van der Waals surface area contributed by atoms with Crippen LogP contribution in [-0.2, 0) is 4.74 Å². The molecule has 0 atom stereocenters. The van der Waals surface area contributed by atoms with Gasteiger partial charge in [-0.3, -0.25) is 9.36 Å². The molecule has 0 aliphatic carbocycles. The van der Waals surface area contributed by atoms with Crippen molar-refractivity contribution < 1.29 is 14.3 Å². The van der Waals surface area contributed by atoms with E-state index in [4.69, 9.17) is 21.1 Å². The molecule has 0 N–H and O–H groups in total. The van der Waals surface area contributed by atoms with E-state index in [0.29, 0.717) is 39.2 Å². The van der Waals surface area contributed by atoms with Crippen molar-refractivity contribution in [1.82, 2.24) is 14.5 Å². The second-order valence-corrected chi connectivity index (χ2v) is 8.33. The minimum Gasteiger partial charge on any atom is -0.496 e. The van der Waals surface area contributed by atoms with Gasteiger partial charge in [-0.1, -0.05) is 11.6 Å². The van der Waals surface area contributed by atoms with Gasteiger partial charge in [0.2, 0.25) is 0 Å². The zero-order chi connectivity index (χ0) is 19.2. The lowest BCUT2D eigenvalue weighted by molar-refractivity contribution is 0.000596. The van der Waals surface area contributed by atoms with Gasteiger partial charge in [-0.25, -0.2) is 9.78 Å². The number of hydrogen-bond donors (Lipinski definition) is 0. The lowest BCUT2D eigenvalue weighted by Crippen LogP contribution is -2.54. The molecule has 2 heterocycles. The molecule has 0 radical (unpaired) electrons. The summed E-state index contributed by atoms with van der Waals surface area (Å²) in [6.07, 6.45) is 1.07. The summed E-state index contributed by atoms with van der Waals surface area (Å²) in [4.78, 5) is 30.9. The molecule has 0 unspecified atom stereocenters. The van der Waals surface area contributed by atoms with Crippen molar-refractivity contribution in [3.8, 4) is 5.75 Å². The summed E-state index contributed by atoms with van der Waals surface area (Å²) in [5, 5.41) is 0.674. The van der Waals surface area contributed by atoms with Crippen LogP contribution in [0.3, 0.4) is 0 Å². The summed E-state index contributed by atoms with van der Waals surface area (Å²) in [5.41, 5.74) is -0.432. The van der Waals surface area contributed by atoms with Crippen LogP contribution >= 0.6 is 27.5 Å². The Hall–Kier alpha value is -1.80. The van der Waals surface area contributed by atoms with Gasteiger partial charge in [-0.15, -0.1) is 0 Å². The van der Waals surface area contributed by atoms with Gasteiger partial charge in [0.25, 0.3) is 5.56 Å². The smallest absolute Gasteiger partial charge is 0.410 e. The third-order valence-electron chi connectivity index (χ3n) is 4.05. The zero-order valence-corrected chi connectivity index (χ0v) is 17.2. The van der Waals surface area contributed by atoms with E-state index in [1.807, 2.05) is 20.8 Å². The molecule has 0 bridgehead atoms. The van der Waals surface area contributed by atoms with E-state index in [-0.39, 0.29) is 17.7 Å². The first-order valence-electron chi connectivity index (χ1n) is 8.03. The maximum absolute atomic E-state index is 12.9. The van der Waals surface area contributed by atoms with Gasteiger partial charge >= 0.3 is 6.09 Å². The summed E-state index contributed by atoms with van der Waals surface area (Å²) in [7, 11) is 1.49. The number of carbonyl (C=O) groups excluding carboxylic acids is 1. The van der Waals surface area contributed by atoms with Crippen molar-refractivity contribution in [3.05, 3.63) is 32.2 Å². The number of likely N-dealkylation sites (tertiary alicyclic amines) is 1. The summed E-state index contributed by atoms with van der Waals surface area (Å²) < 4.78 is 12.8. The molecule has 1 amide bonds. The average Bonchev–Trinajstić information content (AvgIpc) is 2.49. The standard InChI is InChI=1S/C17H19BrClN3O4/c1-17(2,3)26-16(24)21-6-9(7-21)22-8-20-14-12(15(22)23)11(25-4)5-10(18)13(14)19/h5,8-9H,6-7H2,1-4H3. The highest BCUT2D eigenvalue weighted by atomic mass is 79.9. The van der Waals surface area contributed by atoms with E-state index < -0.39 is 5.60 Å². The third kappa shape index (κ3) is 3.40.